The lowest BCUT2D eigenvalue weighted by atomic mass is 9.98. The van der Waals surface area contributed by atoms with Gasteiger partial charge < -0.3 is 15.8 Å². The first-order valence-electron chi connectivity index (χ1n) is 12.5. The van der Waals surface area contributed by atoms with Gasteiger partial charge in [0.1, 0.15) is 0 Å². The molecule has 0 atom stereocenters. The maximum Gasteiger partial charge on any atom is 0.248 e. The van der Waals surface area contributed by atoms with Gasteiger partial charge in [-0.15, -0.1) is 0 Å². The lowest BCUT2D eigenvalue weighted by Gasteiger charge is -2.26. The lowest BCUT2D eigenvalue weighted by Crippen LogP contribution is -2.35. The van der Waals surface area contributed by atoms with Gasteiger partial charge in [0.2, 0.25) is 5.91 Å². The van der Waals surface area contributed by atoms with Crippen LogP contribution >= 0.6 is 0 Å². The van der Waals surface area contributed by atoms with Gasteiger partial charge in [-0.25, -0.2) is 0 Å². The predicted octanol–water partition coefficient (Wildman–Crippen LogP) is 4.41. The van der Waals surface area contributed by atoms with E-state index in [9.17, 15) is 4.79 Å². The van der Waals surface area contributed by atoms with Crippen molar-refractivity contribution >= 4 is 24.0 Å². The number of anilines is 1. The number of carbonyl (C=O) groups is 1. The Morgan fingerprint density at radius 3 is 2.62 bits per heavy atom. The summed E-state index contributed by atoms with van der Waals surface area (Å²) in [7, 11) is 0. The molecule has 7 nitrogen and oxygen atoms in total. The molecule has 3 N–H and O–H groups in total. The third-order valence-corrected chi connectivity index (χ3v) is 6.10. The fraction of sp³-hybridized carbons (Fsp3) is 0.233. The van der Waals surface area contributed by atoms with Crippen LogP contribution in [0.4, 0.5) is 5.69 Å². The fourth-order valence-electron chi connectivity index (χ4n) is 4.09. The van der Waals surface area contributed by atoms with E-state index in [2.05, 4.69) is 20.2 Å². The molecule has 2 aromatic rings. The molecule has 4 rings (SSSR count). The van der Waals surface area contributed by atoms with E-state index in [1.165, 1.54) is 11.6 Å². The average Bonchev–Trinajstić information content (AvgIpc) is 3.18. The Hall–Kier alpha value is -4.07. The number of rotatable bonds is 9. The molecule has 1 saturated heterocycles. The maximum absolute atomic E-state index is 12.6. The highest BCUT2D eigenvalue weighted by Crippen LogP contribution is 2.21. The average molecular weight is 496 g/mol. The Bertz CT molecular complexity index is 1220. The smallest absolute Gasteiger partial charge is 0.248 e. The quantitative estimate of drug-likeness (QED) is 0.398. The molecule has 1 amide bonds. The summed E-state index contributed by atoms with van der Waals surface area (Å²) in [6, 6.07) is 18.0. The molecule has 0 aliphatic carbocycles. The van der Waals surface area contributed by atoms with Gasteiger partial charge in [0, 0.05) is 61.8 Å². The van der Waals surface area contributed by atoms with Crippen LogP contribution in [0, 0.1) is 0 Å². The number of hydrogen-bond acceptors (Lipinski definition) is 6. The van der Waals surface area contributed by atoms with Crippen LogP contribution in [0.3, 0.4) is 0 Å². The number of benzene rings is 2. The van der Waals surface area contributed by atoms with Crippen LogP contribution in [0.2, 0.25) is 0 Å². The minimum atomic E-state index is -0.214. The van der Waals surface area contributed by atoms with Crippen LogP contribution in [-0.2, 0) is 22.6 Å². The number of allylic oxidation sites excluding steroid dienone is 5. The van der Waals surface area contributed by atoms with Gasteiger partial charge >= 0.3 is 0 Å². The third kappa shape index (κ3) is 8.24. The Labute approximate surface area is 218 Å². The number of aliphatic imine (C=N–C) groups is 2. The summed E-state index contributed by atoms with van der Waals surface area (Å²) in [5.74, 6) is -0.214. The summed E-state index contributed by atoms with van der Waals surface area (Å²) in [6.07, 6.45) is 12.7. The molecule has 0 aromatic heterocycles. The molecule has 0 spiro atoms. The van der Waals surface area contributed by atoms with Crippen molar-refractivity contribution in [1.82, 2.24) is 4.90 Å². The summed E-state index contributed by atoms with van der Waals surface area (Å²) in [6.45, 7) is 4.90. The number of nitrogens with one attached hydrogen (secondary N) is 1. The summed E-state index contributed by atoms with van der Waals surface area (Å²) in [5, 5.41) is 2.93. The molecular formula is C30H33N5O2. The second-order valence-corrected chi connectivity index (χ2v) is 8.79. The number of ether oxygens (including phenoxy) is 1. The van der Waals surface area contributed by atoms with Gasteiger partial charge in [-0.2, -0.15) is 0 Å². The van der Waals surface area contributed by atoms with Gasteiger partial charge in [0.25, 0.3) is 0 Å². The second kappa shape index (κ2) is 13.9. The first-order valence-corrected chi connectivity index (χ1v) is 12.5. The van der Waals surface area contributed by atoms with E-state index in [1.54, 1.807) is 30.9 Å². The second-order valence-electron chi connectivity index (χ2n) is 8.79. The van der Waals surface area contributed by atoms with Crippen LogP contribution in [0.25, 0.3) is 0 Å². The van der Waals surface area contributed by atoms with Gasteiger partial charge in [-0.3, -0.25) is 19.7 Å². The van der Waals surface area contributed by atoms with Crippen molar-refractivity contribution in [1.29, 1.82) is 0 Å². The van der Waals surface area contributed by atoms with Gasteiger partial charge in [0.15, 0.2) is 0 Å². The molecule has 7 heteroatoms. The molecule has 37 heavy (non-hydrogen) atoms. The highest BCUT2D eigenvalue weighted by Gasteiger charge is 2.11. The van der Waals surface area contributed by atoms with Crippen LogP contribution in [0.5, 0.6) is 0 Å². The van der Waals surface area contributed by atoms with Crippen LogP contribution in [-0.4, -0.2) is 49.5 Å². The summed E-state index contributed by atoms with van der Waals surface area (Å²) in [5.41, 5.74) is 11.6. The summed E-state index contributed by atoms with van der Waals surface area (Å²) in [4.78, 5) is 23.9. The highest BCUT2D eigenvalue weighted by atomic mass is 16.5. The lowest BCUT2D eigenvalue weighted by molar-refractivity contribution is -0.111. The van der Waals surface area contributed by atoms with Crippen molar-refractivity contribution in [2.45, 2.75) is 19.5 Å². The molecule has 1 fully saturated rings. The number of morpholine rings is 1. The number of nitrogens with zero attached hydrogens (tertiary/aromatic N) is 3. The van der Waals surface area contributed by atoms with E-state index in [4.69, 9.17) is 10.5 Å². The fourth-order valence-corrected chi connectivity index (χ4v) is 4.09. The molecule has 0 radical (unpaired) electrons. The molecule has 2 aliphatic heterocycles. The minimum Gasteiger partial charge on any atom is -0.404 e. The first-order chi connectivity index (χ1) is 18.2. The predicted molar refractivity (Wildman–Crippen MR) is 150 cm³/mol. The van der Waals surface area contributed by atoms with Gasteiger partial charge in [-0.1, -0.05) is 48.5 Å². The van der Waals surface area contributed by atoms with Crippen LogP contribution in [0.1, 0.15) is 17.5 Å². The molecule has 0 bridgehead atoms. The maximum atomic E-state index is 12.6. The number of carbonyl (C=O) groups excluding carboxylic acids is 1. The molecule has 2 aliphatic rings. The molecule has 2 heterocycles. The Morgan fingerprint density at radius 1 is 1.08 bits per heavy atom. The van der Waals surface area contributed by atoms with Crippen molar-refractivity contribution in [3.05, 3.63) is 113 Å². The Morgan fingerprint density at radius 2 is 1.86 bits per heavy atom. The van der Waals surface area contributed by atoms with Crippen molar-refractivity contribution in [2.75, 3.05) is 31.6 Å². The zero-order valence-electron chi connectivity index (χ0n) is 20.9. The van der Waals surface area contributed by atoms with Gasteiger partial charge in [-0.05, 0) is 46.9 Å². The van der Waals surface area contributed by atoms with E-state index in [-0.39, 0.29) is 5.91 Å². The van der Waals surface area contributed by atoms with E-state index < -0.39 is 0 Å². The van der Waals surface area contributed by atoms with Gasteiger partial charge in [0.05, 0.1) is 19.8 Å². The minimum absolute atomic E-state index is 0.214. The van der Waals surface area contributed by atoms with Crippen molar-refractivity contribution in [3.8, 4) is 0 Å². The Balaban J connectivity index is 1.39. The van der Waals surface area contributed by atoms with Crippen molar-refractivity contribution in [3.63, 3.8) is 0 Å². The van der Waals surface area contributed by atoms with E-state index in [0.717, 1.165) is 60.8 Å². The van der Waals surface area contributed by atoms with Crippen LogP contribution < -0.4 is 11.1 Å². The molecule has 190 valence electrons. The van der Waals surface area contributed by atoms with E-state index in [0.29, 0.717) is 13.0 Å². The summed E-state index contributed by atoms with van der Waals surface area (Å²) >= 11 is 0. The van der Waals surface area contributed by atoms with E-state index in [1.807, 2.05) is 60.7 Å². The number of hydrogen-bond donors (Lipinski definition) is 2. The topological polar surface area (TPSA) is 92.3 Å². The zero-order valence-corrected chi connectivity index (χ0v) is 20.9. The van der Waals surface area contributed by atoms with E-state index >= 15 is 0 Å². The number of nitrogens with two attached hydrogens (primary N) is 1. The zero-order chi connectivity index (χ0) is 25.7. The summed E-state index contributed by atoms with van der Waals surface area (Å²) < 4.78 is 5.41. The molecule has 0 saturated carbocycles. The molecule has 0 unspecified atom stereocenters. The Kier molecular flexibility index (Phi) is 9.75. The third-order valence-electron chi connectivity index (χ3n) is 6.10. The largest absolute Gasteiger partial charge is 0.404 e. The highest BCUT2D eigenvalue weighted by molar-refractivity contribution is 6.01. The first kappa shape index (κ1) is 26.0. The standard InChI is InChI=1S/C30H33N5O2/c31-19-27(22-33-20-24-5-2-1-3-6-24)29-7-4-14-32-21-26(29)10-13-30(36)34-28-11-8-25(9-12-28)23-35-15-17-37-18-16-35/h1-6,8-14,19,21-22H,7,15-18,20,23,31H2,(H,34,36)/b13-10+,27-19?,33-22?. The molecular weight excluding hydrogens is 462 g/mol. The normalized spacial score (nSPS) is 17.0. The van der Waals surface area contributed by atoms with Crippen molar-refractivity contribution in [2.24, 2.45) is 15.7 Å². The molecule has 2 aromatic carbocycles. The number of amides is 1. The van der Waals surface area contributed by atoms with Crippen LogP contribution in [0.15, 0.2) is 112 Å². The SMILES string of the molecule is NC=C(C=NCc1ccccc1)C1=C(/C=C/C(=O)Nc2ccc(CN3CCOCC3)cc2)C=NC=CC1. The van der Waals surface area contributed by atoms with Crippen molar-refractivity contribution < 1.29 is 9.53 Å². The monoisotopic (exact) mass is 495 g/mol.